The van der Waals surface area contributed by atoms with Crippen LogP contribution < -0.4 is 20.5 Å². The van der Waals surface area contributed by atoms with Gasteiger partial charge in [-0.3, -0.25) is 15.1 Å². The van der Waals surface area contributed by atoms with Gasteiger partial charge in [0.25, 0.3) is 0 Å². The molecule has 1 heterocycles. The molecule has 4 aromatic rings. The molecule has 4 rings (SSSR count). The summed E-state index contributed by atoms with van der Waals surface area (Å²) in [6, 6.07) is 17.1. The zero-order valence-corrected chi connectivity index (χ0v) is 19.2. The number of para-hydroxylation sites is 1. The smallest absolute Gasteiger partial charge is 0.417 e. The number of hydrogen-bond acceptors (Lipinski definition) is 7. The molecule has 0 aliphatic rings. The third-order valence-electron chi connectivity index (χ3n) is 5.01. The number of anilines is 1. The minimum Gasteiger partial charge on any atom is -0.456 e. The maximum Gasteiger partial charge on any atom is 0.417 e. The largest absolute Gasteiger partial charge is 0.456 e. The molecule has 9 nitrogen and oxygen atoms in total. The first-order valence-electron chi connectivity index (χ1n) is 10.7. The Kier molecular flexibility index (Phi) is 7.69. The summed E-state index contributed by atoms with van der Waals surface area (Å²) in [6.07, 6.45) is 0.686. The summed E-state index contributed by atoms with van der Waals surface area (Å²) in [7, 11) is 1.49. The second-order valence-electron chi connectivity index (χ2n) is 7.53. The number of nitrogens with two attached hydrogens (primary N) is 1. The number of carbonyl (C=O) groups is 2. The topological polar surface area (TPSA) is 122 Å². The molecule has 0 aliphatic carbocycles. The average Bonchev–Trinajstić information content (AvgIpc) is 2.86. The van der Waals surface area contributed by atoms with Gasteiger partial charge in [-0.05, 0) is 48.0 Å². The predicted octanol–water partition coefficient (Wildman–Crippen LogP) is 5.00. The third-order valence-corrected chi connectivity index (χ3v) is 5.01. The lowest BCUT2D eigenvalue weighted by atomic mass is 10.0. The van der Waals surface area contributed by atoms with Gasteiger partial charge >= 0.3 is 6.09 Å². The van der Waals surface area contributed by atoms with Crippen molar-refractivity contribution in [3.8, 4) is 17.2 Å². The number of methoxy groups -OCH3 is 1. The van der Waals surface area contributed by atoms with Gasteiger partial charge in [-0.1, -0.05) is 18.2 Å². The molecule has 0 fully saturated rings. The summed E-state index contributed by atoms with van der Waals surface area (Å²) >= 11 is 0. The van der Waals surface area contributed by atoms with Crippen molar-refractivity contribution in [3.63, 3.8) is 0 Å². The van der Waals surface area contributed by atoms with Crippen molar-refractivity contribution in [2.75, 3.05) is 19.2 Å². The number of primary amides is 1. The first-order chi connectivity index (χ1) is 17.4. The van der Waals surface area contributed by atoms with Gasteiger partial charge in [0.1, 0.15) is 24.0 Å². The van der Waals surface area contributed by atoms with Crippen LogP contribution in [0.15, 0.2) is 72.9 Å². The maximum absolute atomic E-state index is 14.7. The molecule has 36 heavy (non-hydrogen) atoms. The Labute approximate surface area is 205 Å². The number of aromatic nitrogens is 1. The zero-order valence-electron chi connectivity index (χ0n) is 19.2. The van der Waals surface area contributed by atoms with E-state index in [4.69, 9.17) is 24.7 Å². The van der Waals surface area contributed by atoms with Gasteiger partial charge in [-0.15, -0.1) is 0 Å². The van der Waals surface area contributed by atoms with Crippen LogP contribution in [0.5, 0.6) is 17.2 Å². The minimum absolute atomic E-state index is 0.0488. The highest BCUT2D eigenvalue weighted by atomic mass is 19.1. The highest BCUT2D eigenvalue weighted by molar-refractivity contribution is 6.00. The number of hydrogen-bond donors (Lipinski definition) is 2. The Hall–Kier alpha value is -4.54. The van der Waals surface area contributed by atoms with E-state index in [1.54, 1.807) is 48.5 Å². The Bertz CT molecular complexity index is 1400. The number of nitrogens with one attached hydrogen (secondary N) is 1. The van der Waals surface area contributed by atoms with Crippen molar-refractivity contribution >= 4 is 28.6 Å². The van der Waals surface area contributed by atoms with Crippen LogP contribution in [0.2, 0.25) is 0 Å². The third kappa shape index (κ3) is 5.93. The van der Waals surface area contributed by atoms with Crippen molar-refractivity contribution in [1.82, 2.24) is 4.98 Å². The molecule has 1 aromatic heterocycles. The van der Waals surface area contributed by atoms with Crippen LogP contribution in [0.4, 0.5) is 14.9 Å². The number of fused-ring (bicyclic) bond motifs is 1. The summed E-state index contributed by atoms with van der Waals surface area (Å²) in [4.78, 5) is 28.4. The molecule has 10 heteroatoms. The number of carbonyl (C=O) groups excluding carboxylic acids is 2. The van der Waals surface area contributed by atoms with Gasteiger partial charge in [0, 0.05) is 30.3 Å². The predicted molar refractivity (Wildman–Crippen MR) is 129 cm³/mol. The van der Waals surface area contributed by atoms with E-state index in [-0.39, 0.29) is 30.4 Å². The van der Waals surface area contributed by atoms with Gasteiger partial charge in [0.15, 0.2) is 5.82 Å². The van der Waals surface area contributed by atoms with E-state index in [0.29, 0.717) is 28.0 Å². The van der Waals surface area contributed by atoms with Crippen molar-refractivity contribution in [2.24, 2.45) is 5.73 Å². The van der Waals surface area contributed by atoms with Gasteiger partial charge in [-0.25, -0.2) is 9.18 Å². The summed E-state index contributed by atoms with van der Waals surface area (Å²) in [6.45, 7) is 0.147. The molecule has 0 unspecified atom stereocenters. The Morgan fingerprint density at radius 2 is 1.83 bits per heavy atom. The van der Waals surface area contributed by atoms with Gasteiger partial charge in [0.2, 0.25) is 5.91 Å². The fraction of sp³-hybridized carbons (Fsp3) is 0.115. The summed E-state index contributed by atoms with van der Waals surface area (Å²) in [5.41, 5.74) is 6.77. The molecule has 0 bridgehead atoms. The second-order valence-corrected chi connectivity index (χ2v) is 7.53. The van der Waals surface area contributed by atoms with Crippen LogP contribution >= 0.6 is 0 Å². The molecular weight excluding hydrogens is 469 g/mol. The first-order valence-corrected chi connectivity index (χ1v) is 10.7. The fourth-order valence-corrected chi connectivity index (χ4v) is 3.40. The molecule has 0 saturated heterocycles. The van der Waals surface area contributed by atoms with Gasteiger partial charge < -0.3 is 24.7 Å². The molecule has 3 N–H and O–H groups in total. The standard InChI is InChI=1S/C26H22FN3O6/c1-33-15-34-14-16-11-23-20(13-19(16)25(28)31)24(9-10-29-23)35-18-7-8-22(21(27)12-18)30-26(32)36-17-5-3-2-4-6-17/h2-13H,14-15H2,1H3,(H2,28,31)(H,30,32). The van der Waals surface area contributed by atoms with Crippen LogP contribution in [0.3, 0.4) is 0 Å². The summed E-state index contributed by atoms with van der Waals surface area (Å²) in [5.74, 6) is -0.563. The van der Waals surface area contributed by atoms with Crippen molar-refractivity contribution < 1.29 is 32.9 Å². The normalized spacial score (nSPS) is 10.7. The van der Waals surface area contributed by atoms with Gasteiger partial charge in [-0.2, -0.15) is 0 Å². The summed E-state index contributed by atoms with van der Waals surface area (Å²) < 4.78 is 35.9. The average molecular weight is 491 g/mol. The molecule has 184 valence electrons. The first kappa shape index (κ1) is 24.6. The lowest BCUT2D eigenvalue weighted by Gasteiger charge is -2.13. The van der Waals surface area contributed by atoms with Crippen LogP contribution in [-0.4, -0.2) is 30.9 Å². The number of rotatable bonds is 9. The molecule has 0 saturated carbocycles. The minimum atomic E-state index is -0.835. The van der Waals surface area contributed by atoms with E-state index in [9.17, 15) is 14.0 Å². The Morgan fingerprint density at radius 1 is 1.03 bits per heavy atom. The highest BCUT2D eigenvalue weighted by Crippen LogP contribution is 2.32. The van der Waals surface area contributed by atoms with E-state index >= 15 is 0 Å². The molecule has 3 aromatic carbocycles. The highest BCUT2D eigenvalue weighted by Gasteiger charge is 2.15. The fourth-order valence-electron chi connectivity index (χ4n) is 3.40. The number of benzene rings is 3. The van der Waals surface area contributed by atoms with E-state index in [2.05, 4.69) is 10.3 Å². The van der Waals surface area contributed by atoms with Crippen LogP contribution in [0.25, 0.3) is 10.9 Å². The number of pyridine rings is 1. The van der Waals surface area contributed by atoms with E-state index in [0.717, 1.165) is 6.07 Å². The molecule has 0 aliphatic heterocycles. The van der Waals surface area contributed by atoms with Crippen LogP contribution in [0, 0.1) is 5.82 Å². The molecular formula is C26H22FN3O6. The maximum atomic E-state index is 14.7. The molecule has 0 atom stereocenters. The molecule has 0 spiro atoms. The number of nitrogens with zero attached hydrogens (tertiary/aromatic N) is 1. The van der Waals surface area contributed by atoms with E-state index in [1.165, 1.54) is 25.4 Å². The molecule has 2 amide bonds. The lowest BCUT2D eigenvalue weighted by molar-refractivity contribution is -0.0391. The van der Waals surface area contributed by atoms with E-state index in [1.807, 2.05) is 0 Å². The quantitative estimate of drug-likeness (QED) is 0.250. The summed E-state index contributed by atoms with van der Waals surface area (Å²) in [5, 5.41) is 2.85. The van der Waals surface area contributed by atoms with Crippen molar-refractivity contribution in [1.29, 1.82) is 0 Å². The Balaban J connectivity index is 1.54. The van der Waals surface area contributed by atoms with E-state index < -0.39 is 17.8 Å². The van der Waals surface area contributed by atoms with Crippen molar-refractivity contribution in [2.45, 2.75) is 6.61 Å². The monoisotopic (exact) mass is 491 g/mol. The SMILES string of the molecule is COCOCc1cc2nccc(Oc3ccc(NC(=O)Oc4ccccc4)c(F)c3)c2cc1C(N)=O. The number of halogens is 1. The lowest BCUT2D eigenvalue weighted by Crippen LogP contribution is -2.17. The zero-order chi connectivity index (χ0) is 25.5. The number of ether oxygens (including phenoxy) is 4. The van der Waals surface area contributed by atoms with Crippen molar-refractivity contribution in [3.05, 3.63) is 89.9 Å². The second kappa shape index (κ2) is 11.3. The molecule has 0 radical (unpaired) electrons. The van der Waals surface area contributed by atoms with Crippen LogP contribution in [0.1, 0.15) is 15.9 Å². The van der Waals surface area contributed by atoms with Crippen LogP contribution in [-0.2, 0) is 16.1 Å². The Morgan fingerprint density at radius 3 is 2.56 bits per heavy atom. The number of amides is 2. The van der Waals surface area contributed by atoms with Gasteiger partial charge in [0.05, 0.1) is 17.8 Å².